The molecule has 1 radical (unpaired) electrons. The van der Waals surface area contributed by atoms with Crippen molar-refractivity contribution < 1.29 is 0 Å². The number of hydrogen-bond donors (Lipinski definition) is 0. The molecule has 0 saturated heterocycles. The number of aromatic nitrogens is 3. The predicted molar refractivity (Wildman–Crippen MR) is 48.8 cm³/mol. The third-order valence-electron chi connectivity index (χ3n) is 1.65. The van der Waals surface area contributed by atoms with Crippen LogP contribution in [0.2, 0.25) is 0 Å². The van der Waals surface area contributed by atoms with E-state index in [1.54, 1.807) is 18.5 Å². The molecule has 0 spiro atoms. The summed E-state index contributed by atoms with van der Waals surface area (Å²) in [5.41, 5.74) is 1.77. The zero-order valence-corrected chi connectivity index (χ0v) is 7.23. The summed E-state index contributed by atoms with van der Waals surface area (Å²) in [6.45, 7) is 1.92. The molecule has 0 amide bonds. The van der Waals surface area contributed by atoms with Gasteiger partial charge in [0.05, 0.1) is 0 Å². The van der Waals surface area contributed by atoms with Crippen molar-refractivity contribution in [2.75, 3.05) is 0 Å². The van der Waals surface area contributed by atoms with Crippen LogP contribution in [0.1, 0.15) is 5.69 Å². The zero-order valence-electron chi connectivity index (χ0n) is 7.23. The van der Waals surface area contributed by atoms with Gasteiger partial charge in [0.1, 0.15) is 6.20 Å². The first-order valence-electron chi connectivity index (χ1n) is 3.99. The summed E-state index contributed by atoms with van der Waals surface area (Å²) in [5, 5.41) is 0. The van der Waals surface area contributed by atoms with Crippen LogP contribution < -0.4 is 0 Å². The summed E-state index contributed by atoms with van der Waals surface area (Å²) < 4.78 is 0. The second-order valence-corrected chi connectivity index (χ2v) is 2.68. The standard InChI is InChI=1S/C10H8N3/c1-8-3-4-9(7-13-8)10-11-5-2-6-12-10/h2-6H,1H3. The second kappa shape index (κ2) is 3.31. The van der Waals surface area contributed by atoms with Gasteiger partial charge in [0.2, 0.25) is 0 Å². The number of rotatable bonds is 1. The minimum Gasteiger partial charge on any atom is -0.251 e. The molecule has 13 heavy (non-hydrogen) atoms. The van der Waals surface area contributed by atoms with Crippen molar-refractivity contribution in [3.05, 3.63) is 42.5 Å². The topological polar surface area (TPSA) is 38.7 Å². The lowest BCUT2D eigenvalue weighted by molar-refractivity contribution is 1.14. The molecule has 0 saturated carbocycles. The first-order valence-corrected chi connectivity index (χ1v) is 3.99. The Morgan fingerprint density at radius 1 is 1.15 bits per heavy atom. The van der Waals surface area contributed by atoms with Crippen molar-refractivity contribution in [3.63, 3.8) is 0 Å². The van der Waals surface area contributed by atoms with Gasteiger partial charge in [-0.1, -0.05) is 0 Å². The van der Waals surface area contributed by atoms with Crippen LogP contribution in [0.3, 0.4) is 0 Å². The summed E-state index contributed by atoms with van der Waals surface area (Å²) >= 11 is 0. The zero-order chi connectivity index (χ0) is 9.10. The number of nitrogens with zero attached hydrogens (tertiary/aromatic N) is 3. The molecular weight excluding hydrogens is 162 g/mol. The van der Waals surface area contributed by atoms with E-state index in [1.165, 1.54) is 0 Å². The summed E-state index contributed by atoms with van der Waals surface area (Å²) in [6.07, 6.45) is 6.29. The van der Waals surface area contributed by atoms with Crippen LogP contribution in [0.5, 0.6) is 0 Å². The first-order chi connectivity index (χ1) is 6.36. The highest BCUT2D eigenvalue weighted by Crippen LogP contribution is 2.10. The molecule has 2 heterocycles. The van der Waals surface area contributed by atoms with Crippen LogP contribution in [-0.4, -0.2) is 15.0 Å². The molecule has 2 rings (SSSR count). The molecule has 0 aliphatic rings. The van der Waals surface area contributed by atoms with E-state index < -0.39 is 0 Å². The molecule has 0 N–H and O–H groups in total. The van der Waals surface area contributed by atoms with E-state index in [4.69, 9.17) is 0 Å². The maximum absolute atomic E-state index is 4.10. The Hall–Kier alpha value is -1.77. The van der Waals surface area contributed by atoms with Crippen LogP contribution in [0.4, 0.5) is 0 Å². The van der Waals surface area contributed by atoms with Crippen molar-refractivity contribution in [3.8, 4) is 11.4 Å². The Labute approximate surface area is 76.5 Å². The Balaban J connectivity index is 2.42. The van der Waals surface area contributed by atoms with E-state index in [1.807, 2.05) is 19.1 Å². The Kier molecular flexibility index (Phi) is 2.00. The highest BCUT2D eigenvalue weighted by atomic mass is 14.9. The van der Waals surface area contributed by atoms with Gasteiger partial charge in [0, 0.05) is 23.7 Å². The molecule has 0 aliphatic carbocycles. The smallest absolute Gasteiger partial charge is 0.161 e. The third kappa shape index (κ3) is 1.69. The SMILES string of the molecule is Cc1ccc(-c2ncccn2)[c]n1. The number of aryl methyl sites for hydroxylation is 1. The van der Waals surface area contributed by atoms with Crippen molar-refractivity contribution in [2.24, 2.45) is 0 Å². The molecule has 2 aromatic rings. The average molecular weight is 170 g/mol. The number of pyridine rings is 1. The molecule has 0 unspecified atom stereocenters. The highest BCUT2D eigenvalue weighted by molar-refractivity contribution is 5.51. The molecule has 63 valence electrons. The van der Waals surface area contributed by atoms with Gasteiger partial charge in [-0.25, -0.2) is 9.97 Å². The minimum atomic E-state index is 0.662. The van der Waals surface area contributed by atoms with Crippen molar-refractivity contribution in [1.82, 2.24) is 15.0 Å². The van der Waals surface area contributed by atoms with Gasteiger partial charge >= 0.3 is 0 Å². The molecule has 0 atom stereocenters. The van der Waals surface area contributed by atoms with E-state index in [0.717, 1.165) is 11.3 Å². The Bertz CT molecular complexity index is 381. The maximum Gasteiger partial charge on any atom is 0.161 e. The highest BCUT2D eigenvalue weighted by Gasteiger charge is 1.98. The lowest BCUT2D eigenvalue weighted by Gasteiger charge is -1.97. The molecule has 0 aromatic carbocycles. The Morgan fingerprint density at radius 3 is 2.54 bits per heavy atom. The average Bonchev–Trinajstić information content (AvgIpc) is 2.20. The van der Waals surface area contributed by atoms with E-state index in [-0.39, 0.29) is 0 Å². The van der Waals surface area contributed by atoms with E-state index in [2.05, 4.69) is 21.1 Å². The second-order valence-electron chi connectivity index (χ2n) is 2.68. The van der Waals surface area contributed by atoms with Gasteiger partial charge in [-0.05, 0) is 25.1 Å². The largest absolute Gasteiger partial charge is 0.251 e. The van der Waals surface area contributed by atoms with Gasteiger partial charge in [0.25, 0.3) is 0 Å². The summed E-state index contributed by atoms with van der Waals surface area (Å²) in [4.78, 5) is 12.2. The summed E-state index contributed by atoms with van der Waals surface area (Å²) in [7, 11) is 0. The van der Waals surface area contributed by atoms with Crippen LogP contribution >= 0.6 is 0 Å². The quantitative estimate of drug-likeness (QED) is 0.653. The molecule has 3 nitrogen and oxygen atoms in total. The predicted octanol–water partition coefficient (Wildman–Crippen LogP) is 1.65. The molecule has 0 aliphatic heterocycles. The van der Waals surface area contributed by atoms with Crippen LogP contribution in [0, 0.1) is 13.1 Å². The lowest BCUT2D eigenvalue weighted by atomic mass is 10.2. The van der Waals surface area contributed by atoms with Gasteiger partial charge in [-0.3, -0.25) is 4.98 Å². The van der Waals surface area contributed by atoms with Gasteiger partial charge in [-0.15, -0.1) is 0 Å². The van der Waals surface area contributed by atoms with E-state index in [0.29, 0.717) is 5.82 Å². The van der Waals surface area contributed by atoms with Crippen molar-refractivity contribution >= 4 is 0 Å². The lowest BCUT2D eigenvalue weighted by Crippen LogP contribution is -1.88. The molecule has 3 heteroatoms. The third-order valence-corrected chi connectivity index (χ3v) is 1.65. The number of hydrogen-bond acceptors (Lipinski definition) is 3. The van der Waals surface area contributed by atoms with Gasteiger partial charge in [-0.2, -0.15) is 0 Å². The monoisotopic (exact) mass is 170 g/mol. The first kappa shape index (κ1) is 7.86. The van der Waals surface area contributed by atoms with Crippen LogP contribution in [-0.2, 0) is 0 Å². The van der Waals surface area contributed by atoms with Gasteiger partial charge in [0.15, 0.2) is 5.82 Å². The van der Waals surface area contributed by atoms with E-state index >= 15 is 0 Å². The van der Waals surface area contributed by atoms with Crippen LogP contribution in [0.25, 0.3) is 11.4 Å². The maximum atomic E-state index is 4.10. The Morgan fingerprint density at radius 2 is 1.92 bits per heavy atom. The van der Waals surface area contributed by atoms with Crippen LogP contribution in [0.15, 0.2) is 30.6 Å². The molecule has 0 fully saturated rings. The molecular formula is C10H8N3. The fraction of sp³-hybridized carbons (Fsp3) is 0.100. The van der Waals surface area contributed by atoms with Gasteiger partial charge < -0.3 is 0 Å². The molecule has 0 bridgehead atoms. The van der Waals surface area contributed by atoms with E-state index in [9.17, 15) is 0 Å². The summed E-state index contributed by atoms with van der Waals surface area (Å²) in [6, 6.07) is 5.62. The normalized spacial score (nSPS) is 9.92. The fourth-order valence-electron chi connectivity index (χ4n) is 0.990. The fourth-order valence-corrected chi connectivity index (χ4v) is 0.990. The minimum absolute atomic E-state index is 0.662. The molecule has 2 aromatic heterocycles. The summed E-state index contributed by atoms with van der Waals surface area (Å²) in [5.74, 6) is 0.662. The van der Waals surface area contributed by atoms with Crippen molar-refractivity contribution in [2.45, 2.75) is 6.92 Å². The van der Waals surface area contributed by atoms with Crippen molar-refractivity contribution in [1.29, 1.82) is 0 Å².